The molecular weight excluding hydrogens is 342 g/mol. The van der Waals surface area contributed by atoms with Crippen molar-refractivity contribution in [2.75, 3.05) is 23.8 Å². The molecule has 3 heterocycles. The van der Waals surface area contributed by atoms with Crippen LogP contribution in [0.5, 0.6) is 0 Å². The lowest BCUT2D eigenvalue weighted by Crippen LogP contribution is -2.32. The smallest absolute Gasteiger partial charge is 0.247 e. The molecule has 1 fully saturated rings. The fraction of sp³-hybridized carbons (Fsp3) is 0.471. The van der Waals surface area contributed by atoms with Crippen LogP contribution in [0.3, 0.4) is 0 Å². The number of hydrogen-bond acceptors (Lipinski definition) is 5. The molecule has 2 aromatic heterocycles. The van der Waals surface area contributed by atoms with Crippen molar-refractivity contribution >= 4 is 29.1 Å². The fourth-order valence-corrected chi connectivity index (χ4v) is 3.01. The van der Waals surface area contributed by atoms with E-state index in [1.54, 1.807) is 19.1 Å². The zero-order valence-electron chi connectivity index (χ0n) is 14.3. The monoisotopic (exact) mass is 363 g/mol. The molecule has 1 aliphatic rings. The highest BCUT2D eigenvalue weighted by atomic mass is 35.5. The molecule has 1 saturated heterocycles. The van der Waals surface area contributed by atoms with Crippen LogP contribution in [0, 0.1) is 0 Å². The molecule has 0 aromatic carbocycles. The summed E-state index contributed by atoms with van der Waals surface area (Å²) in [5, 5.41) is 10.9. The maximum atomic E-state index is 12.3. The Bertz CT molecular complexity index is 725. The molecule has 0 radical (unpaired) electrons. The van der Waals surface area contributed by atoms with Gasteiger partial charge in [-0.05, 0) is 31.9 Å². The summed E-state index contributed by atoms with van der Waals surface area (Å²) in [6, 6.07) is 4.91. The number of halogens is 1. The van der Waals surface area contributed by atoms with E-state index in [0.29, 0.717) is 22.6 Å². The Hall–Kier alpha value is -2.12. The van der Waals surface area contributed by atoms with Crippen molar-refractivity contribution in [1.82, 2.24) is 14.8 Å². The molecule has 3 rings (SSSR count). The van der Waals surface area contributed by atoms with Gasteiger partial charge in [-0.25, -0.2) is 4.98 Å². The predicted octanol–water partition coefficient (Wildman–Crippen LogP) is 2.80. The molecule has 25 heavy (non-hydrogen) atoms. The van der Waals surface area contributed by atoms with Crippen LogP contribution >= 0.6 is 11.6 Å². The number of hydrogen-bond donors (Lipinski definition) is 2. The molecule has 8 heteroatoms. The lowest BCUT2D eigenvalue weighted by atomic mass is 9.96. The second-order valence-electron chi connectivity index (χ2n) is 6.18. The third-order valence-electron chi connectivity index (χ3n) is 4.29. The Morgan fingerprint density at radius 2 is 2.12 bits per heavy atom. The molecule has 0 bridgehead atoms. The van der Waals surface area contributed by atoms with E-state index in [9.17, 15) is 4.79 Å². The summed E-state index contributed by atoms with van der Waals surface area (Å²) in [5.74, 6) is 1.42. The molecular formula is C17H22ClN5O2. The van der Waals surface area contributed by atoms with Crippen molar-refractivity contribution in [2.45, 2.75) is 31.7 Å². The number of ether oxygens (including phenoxy) is 1. The molecule has 134 valence electrons. The van der Waals surface area contributed by atoms with Crippen molar-refractivity contribution in [3.63, 3.8) is 0 Å². The average Bonchev–Trinajstić information content (AvgIpc) is 2.98. The van der Waals surface area contributed by atoms with Gasteiger partial charge in [0.05, 0.1) is 5.02 Å². The summed E-state index contributed by atoms with van der Waals surface area (Å²) in [5.41, 5.74) is 1.16. The highest BCUT2D eigenvalue weighted by Crippen LogP contribution is 2.28. The molecule has 0 aliphatic carbocycles. The maximum absolute atomic E-state index is 12.3. The Morgan fingerprint density at radius 1 is 1.36 bits per heavy atom. The molecule has 2 N–H and O–H groups in total. The number of aromatic nitrogens is 3. The van der Waals surface area contributed by atoms with Crippen LogP contribution in [0.15, 0.2) is 24.4 Å². The normalized spacial score (nSPS) is 16.4. The fourth-order valence-electron chi connectivity index (χ4n) is 2.90. The van der Waals surface area contributed by atoms with Crippen LogP contribution < -0.4 is 10.6 Å². The third kappa shape index (κ3) is 4.49. The predicted molar refractivity (Wildman–Crippen MR) is 97.0 cm³/mol. The Morgan fingerprint density at radius 3 is 2.80 bits per heavy atom. The molecule has 0 spiro atoms. The first-order valence-corrected chi connectivity index (χ1v) is 8.71. The standard InChI is InChI=1S/C17H22ClN5O2/c1-11(17(24)21-15-4-3-13(18)10-19-15)20-16-9-14(23(2)22-16)12-5-7-25-8-6-12/h3-4,9-12H,5-8H2,1-2H3,(H,20,22)(H,19,21,24). The minimum absolute atomic E-state index is 0.187. The van der Waals surface area contributed by atoms with Crippen LogP contribution in [0.25, 0.3) is 0 Å². The zero-order valence-corrected chi connectivity index (χ0v) is 15.1. The van der Waals surface area contributed by atoms with Crippen molar-refractivity contribution < 1.29 is 9.53 Å². The van der Waals surface area contributed by atoms with Crippen LogP contribution in [-0.2, 0) is 16.6 Å². The minimum Gasteiger partial charge on any atom is -0.381 e. The lowest BCUT2D eigenvalue weighted by Gasteiger charge is -2.21. The highest BCUT2D eigenvalue weighted by Gasteiger charge is 2.21. The molecule has 7 nitrogen and oxygen atoms in total. The van der Waals surface area contributed by atoms with Crippen LogP contribution in [0.4, 0.5) is 11.6 Å². The topological polar surface area (TPSA) is 81.1 Å². The molecule has 0 saturated carbocycles. The second-order valence-corrected chi connectivity index (χ2v) is 6.62. The van der Waals surface area contributed by atoms with Gasteiger partial charge in [-0.15, -0.1) is 0 Å². The molecule has 1 amide bonds. The number of pyridine rings is 1. The number of carbonyl (C=O) groups is 1. The van der Waals surface area contributed by atoms with E-state index >= 15 is 0 Å². The number of nitrogens with one attached hydrogen (secondary N) is 2. The molecule has 1 atom stereocenters. The van der Waals surface area contributed by atoms with Gasteiger partial charge >= 0.3 is 0 Å². The van der Waals surface area contributed by atoms with Crippen LogP contribution in [0.1, 0.15) is 31.4 Å². The SMILES string of the molecule is CC(Nc1cc(C2CCOCC2)n(C)n1)C(=O)Nc1ccc(Cl)cn1. The molecule has 1 unspecified atom stereocenters. The molecule has 2 aromatic rings. The number of aryl methyl sites for hydroxylation is 1. The van der Waals surface area contributed by atoms with E-state index in [4.69, 9.17) is 16.3 Å². The quantitative estimate of drug-likeness (QED) is 0.853. The number of anilines is 2. The minimum atomic E-state index is -0.449. The van der Waals surface area contributed by atoms with Crippen LogP contribution in [-0.4, -0.2) is 39.9 Å². The van der Waals surface area contributed by atoms with E-state index in [2.05, 4.69) is 20.7 Å². The van der Waals surface area contributed by atoms with Crippen molar-refractivity contribution in [2.24, 2.45) is 7.05 Å². The van der Waals surface area contributed by atoms with Gasteiger partial charge in [-0.1, -0.05) is 11.6 Å². The van der Waals surface area contributed by atoms with Gasteiger partial charge in [0.1, 0.15) is 17.7 Å². The Kier molecular flexibility index (Phi) is 5.55. The summed E-state index contributed by atoms with van der Waals surface area (Å²) >= 11 is 5.79. The van der Waals surface area contributed by atoms with Gasteiger partial charge in [-0.2, -0.15) is 5.10 Å². The van der Waals surface area contributed by atoms with Gasteiger partial charge in [0.15, 0.2) is 0 Å². The zero-order chi connectivity index (χ0) is 17.8. The Balaban J connectivity index is 1.61. The second kappa shape index (κ2) is 7.84. The summed E-state index contributed by atoms with van der Waals surface area (Å²) in [6.07, 6.45) is 3.49. The van der Waals surface area contributed by atoms with Crippen molar-refractivity contribution in [3.8, 4) is 0 Å². The Labute approximate surface area is 151 Å². The third-order valence-corrected chi connectivity index (χ3v) is 4.52. The average molecular weight is 364 g/mol. The van der Waals surface area contributed by atoms with E-state index in [1.165, 1.54) is 6.20 Å². The van der Waals surface area contributed by atoms with Gasteiger partial charge < -0.3 is 15.4 Å². The first-order valence-electron chi connectivity index (χ1n) is 8.33. The number of amides is 1. The van der Waals surface area contributed by atoms with Gasteiger partial charge in [-0.3, -0.25) is 9.48 Å². The van der Waals surface area contributed by atoms with Crippen molar-refractivity contribution in [3.05, 3.63) is 35.1 Å². The van der Waals surface area contributed by atoms with Crippen molar-refractivity contribution in [1.29, 1.82) is 0 Å². The van der Waals surface area contributed by atoms with Crippen LogP contribution in [0.2, 0.25) is 5.02 Å². The van der Waals surface area contributed by atoms with Gasteiger partial charge in [0, 0.05) is 44.1 Å². The summed E-state index contributed by atoms with van der Waals surface area (Å²) in [4.78, 5) is 16.4. The maximum Gasteiger partial charge on any atom is 0.247 e. The van der Waals surface area contributed by atoms with Gasteiger partial charge in [0.2, 0.25) is 5.91 Å². The number of rotatable bonds is 5. The van der Waals surface area contributed by atoms with E-state index < -0.39 is 6.04 Å². The number of nitrogens with zero attached hydrogens (tertiary/aromatic N) is 3. The highest BCUT2D eigenvalue weighted by molar-refractivity contribution is 6.30. The lowest BCUT2D eigenvalue weighted by molar-refractivity contribution is -0.116. The largest absolute Gasteiger partial charge is 0.381 e. The number of carbonyl (C=O) groups excluding carboxylic acids is 1. The molecule has 1 aliphatic heterocycles. The summed E-state index contributed by atoms with van der Waals surface area (Å²) in [7, 11) is 1.93. The summed E-state index contributed by atoms with van der Waals surface area (Å²) in [6.45, 7) is 3.35. The van der Waals surface area contributed by atoms with E-state index in [0.717, 1.165) is 31.7 Å². The first-order chi connectivity index (χ1) is 12.0. The first kappa shape index (κ1) is 17.7. The van der Waals surface area contributed by atoms with E-state index in [1.807, 2.05) is 17.8 Å². The van der Waals surface area contributed by atoms with Gasteiger partial charge in [0.25, 0.3) is 0 Å². The summed E-state index contributed by atoms with van der Waals surface area (Å²) < 4.78 is 7.29. The van der Waals surface area contributed by atoms with E-state index in [-0.39, 0.29) is 5.91 Å².